The third kappa shape index (κ3) is 3.05. The molecule has 0 unspecified atom stereocenters. The number of methoxy groups -OCH3 is 1. The number of likely N-dealkylation sites (tertiary alicyclic amines) is 1. The van der Waals surface area contributed by atoms with Gasteiger partial charge < -0.3 is 24.6 Å². The fourth-order valence-corrected chi connectivity index (χ4v) is 4.06. The third-order valence-electron chi connectivity index (χ3n) is 5.39. The number of ether oxygens (including phenoxy) is 3. The van der Waals surface area contributed by atoms with Crippen molar-refractivity contribution in [3.63, 3.8) is 0 Å². The fourth-order valence-electron chi connectivity index (χ4n) is 4.06. The maximum absolute atomic E-state index is 10.9. The SMILES string of the molecule is COc1ccc(CN[C@@H]2[C@H](O)[C@@H](N3CCCC3)[C@@H]3OC[C@@H]2O3)cc1. The highest BCUT2D eigenvalue weighted by Crippen LogP contribution is 2.33. The molecule has 1 aromatic carbocycles. The maximum atomic E-state index is 10.9. The predicted molar refractivity (Wildman–Crippen MR) is 88.8 cm³/mol. The van der Waals surface area contributed by atoms with E-state index in [1.807, 2.05) is 24.3 Å². The highest BCUT2D eigenvalue weighted by molar-refractivity contribution is 5.27. The van der Waals surface area contributed by atoms with Gasteiger partial charge in [0.15, 0.2) is 6.29 Å². The van der Waals surface area contributed by atoms with Crippen molar-refractivity contribution in [2.45, 2.75) is 50.0 Å². The molecule has 4 rings (SSSR count). The predicted octanol–water partition coefficient (Wildman–Crippen LogP) is 0.734. The summed E-state index contributed by atoms with van der Waals surface area (Å²) in [5, 5.41) is 14.4. The minimum Gasteiger partial charge on any atom is -0.497 e. The molecule has 5 atom stereocenters. The molecular formula is C18H26N2O4. The summed E-state index contributed by atoms with van der Waals surface area (Å²) in [4.78, 5) is 2.32. The van der Waals surface area contributed by atoms with Crippen LogP contribution in [0.2, 0.25) is 0 Å². The number of benzene rings is 1. The second kappa shape index (κ2) is 6.98. The van der Waals surface area contributed by atoms with Crippen LogP contribution >= 0.6 is 0 Å². The molecule has 0 amide bonds. The monoisotopic (exact) mass is 334 g/mol. The van der Waals surface area contributed by atoms with E-state index in [0.717, 1.165) is 24.4 Å². The molecular weight excluding hydrogens is 308 g/mol. The number of hydrogen-bond donors (Lipinski definition) is 2. The van der Waals surface area contributed by atoms with Gasteiger partial charge in [-0.1, -0.05) is 12.1 Å². The first-order chi connectivity index (χ1) is 11.8. The molecule has 3 saturated heterocycles. The third-order valence-corrected chi connectivity index (χ3v) is 5.39. The zero-order chi connectivity index (χ0) is 16.5. The van der Waals surface area contributed by atoms with E-state index in [4.69, 9.17) is 14.2 Å². The van der Waals surface area contributed by atoms with Gasteiger partial charge in [-0.25, -0.2) is 0 Å². The Hall–Kier alpha value is -1.18. The van der Waals surface area contributed by atoms with E-state index in [1.165, 1.54) is 12.8 Å². The second-order valence-electron chi connectivity index (χ2n) is 6.86. The highest BCUT2D eigenvalue weighted by atomic mass is 16.7. The summed E-state index contributed by atoms with van der Waals surface area (Å²) in [5.41, 5.74) is 1.15. The van der Waals surface area contributed by atoms with E-state index < -0.39 is 6.10 Å². The molecule has 3 heterocycles. The Kier molecular flexibility index (Phi) is 4.74. The van der Waals surface area contributed by atoms with Crippen molar-refractivity contribution in [3.05, 3.63) is 29.8 Å². The van der Waals surface area contributed by atoms with Gasteiger partial charge in [0.2, 0.25) is 0 Å². The molecule has 3 aliphatic heterocycles. The van der Waals surface area contributed by atoms with Gasteiger partial charge >= 0.3 is 0 Å². The number of nitrogens with zero attached hydrogens (tertiary/aromatic N) is 1. The molecule has 6 heteroatoms. The Balaban J connectivity index is 1.43. The Morgan fingerprint density at radius 2 is 2.00 bits per heavy atom. The lowest BCUT2D eigenvalue weighted by atomic mass is 9.94. The molecule has 132 valence electrons. The lowest BCUT2D eigenvalue weighted by Gasteiger charge is -2.42. The van der Waals surface area contributed by atoms with Crippen molar-refractivity contribution < 1.29 is 19.3 Å². The fraction of sp³-hybridized carbons (Fsp3) is 0.667. The minimum absolute atomic E-state index is 0.0698. The molecule has 3 fully saturated rings. The number of nitrogens with one attached hydrogen (secondary N) is 1. The van der Waals surface area contributed by atoms with Gasteiger partial charge in [0, 0.05) is 6.54 Å². The van der Waals surface area contributed by atoms with E-state index in [0.29, 0.717) is 13.2 Å². The van der Waals surface area contributed by atoms with Gasteiger partial charge in [0.25, 0.3) is 0 Å². The van der Waals surface area contributed by atoms with Crippen molar-refractivity contribution in [2.75, 3.05) is 26.8 Å². The summed E-state index contributed by atoms with van der Waals surface area (Å²) in [6, 6.07) is 7.79. The van der Waals surface area contributed by atoms with Gasteiger partial charge in [-0.15, -0.1) is 0 Å². The van der Waals surface area contributed by atoms with Crippen molar-refractivity contribution in [3.8, 4) is 5.75 Å². The first-order valence-corrected chi connectivity index (χ1v) is 8.82. The molecule has 0 spiro atoms. The molecule has 0 aliphatic carbocycles. The van der Waals surface area contributed by atoms with E-state index >= 15 is 0 Å². The van der Waals surface area contributed by atoms with Crippen molar-refractivity contribution >= 4 is 0 Å². The van der Waals surface area contributed by atoms with E-state index in [9.17, 15) is 5.11 Å². The largest absolute Gasteiger partial charge is 0.497 e. The molecule has 1 aromatic rings. The molecule has 0 saturated carbocycles. The van der Waals surface area contributed by atoms with Crippen LogP contribution in [-0.4, -0.2) is 67.4 Å². The van der Waals surface area contributed by atoms with Crippen LogP contribution in [0.15, 0.2) is 24.3 Å². The van der Waals surface area contributed by atoms with Crippen LogP contribution in [0.25, 0.3) is 0 Å². The van der Waals surface area contributed by atoms with Gasteiger partial charge in [0.05, 0.1) is 31.9 Å². The maximum Gasteiger partial charge on any atom is 0.176 e. The van der Waals surface area contributed by atoms with Crippen molar-refractivity contribution in [2.24, 2.45) is 0 Å². The summed E-state index contributed by atoms with van der Waals surface area (Å²) in [6.45, 7) is 3.26. The van der Waals surface area contributed by atoms with Crippen molar-refractivity contribution in [1.29, 1.82) is 0 Å². The lowest BCUT2D eigenvalue weighted by Crippen LogP contribution is -2.63. The Labute approximate surface area is 142 Å². The Morgan fingerprint density at radius 1 is 1.25 bits per heavy atom. The Morgan fingerprint density at radius 3 is 2.71 bits per heavy atom. The average molecular weight is 334 g/mol. The Bertz CT molecular complexity index is 544. The van der Waals surface area contributed by atoms with Gasteiger partial charge in [-0.3, -0.25) is 4.90 Å². The number of hydrogen-bond acceptors (Lipinski definition) is 6. The number of fused-ring (bicyclic) bond motifs is 2. The summed E-state index contributed by atoms with van der Waals surface area (Å²) in [5.74, 6) is 0.848. The van der Waals surface area contributed by atoms with E-state index in [2.05, 4.69) is 10.2 Å². The molecule has 6 nitrogen and oxygen atoms in total. The highest BCUT2D eigenvalue weighted by Gasteiger charge is 2.52. The number of aliphatic hydroxyl groups excluding tert-OH is 1. The lowest BCUT2D eigenvalue weighted by molar-refractivity contribution is -0.179. The van der Waals surface area contributed by atoms with Crippen LogP contribution in [0.5, 0.6) is 5.75 Å². The number of rotatable bonds is 5. The molecule has 0 aromatic heterocycles. The second-order valence-corrected chi connectivity index (χ2v) is 6.86. The van der Waals surface area contributed by atoms with Crippen LogP contribution in [0.4, 0.5) is 0 Å². The first-order valence-electron chi connectivity index (χ1n) is 8.82. The quantitative estimate of drug-likeness (QED) is 0.828. The average Bonchev–Trinajstić information content (AvgIpc) is 3.27. The summed E-state index contributed by atoms with van der Waals surface area (Å²) in [7, 11) is 1.66. The minimum atomic E-state index is -0.479. The number of aliphatic hydroxyl groups is 1. The molecule has 2 N–H and O–H groups in total. The molecule has 2 bridgehead atoms. The van der Waals surface area contributed by atoms with Crippen LogP contribution in [0.1, 0.15) is 18.4 Å². The van der Waals surface area contributed by atoms with Gasteiger partial charge in [0.1, 0.15) is 11.9 Å². The first kappa shape index (κ1) is 16.3. The topological polar surface area (TPSA) is 63.2 Å². The zero-order valence-corrected chi connectivity index (χ0v) is 14.1. The van der Waals surface area contributed by atoms with Crippen LogP contribution in [0.3, 0.4) is 0 Å². The summed E-state index contributed by atoms with van der Waals surface area (Å²) < 4.78 is 17.0. The molecule has 24 heavy (non-hydrogen) atoms. The van der Waals surface area contributed by atoms with E-state index in [1.54, 1.807) is 7.11 Å². The van der Waals surface area contributed by atoms with Crippen molar-refractivity contribution in [1.82, 2.24) is 10.2 Å². The molecule has 3 aliphatic rings. The molecule has 0 radical (unpaired) electrons. The summed E-state index contributed by atoms with van der Waals surface area (Å²) >= 11 is 0. The van der Waals surface area contributed by atoms with Crippen LogP contribution in [-0.2, 0) is 16.0 Å². The summed E-state index contributed by atoms with van der Waals surface area (Å²) in [6.07, 6.45) is 1.52. The normalized spacial score (nSPS) is 36.2. The smallest absolute Gasteiger partial charge is 0.176 e. The van der Waals surface area contributed by atoms with Gasteiger partial charge in [-0.05, 0) is 43.6 Å². The van der Waals surface area contributed by atoms with Crippen LogP contribution in [0, 0.1) is 0 Å². The standard InChI is InChI=1S/C18H26N2O4/c1-22-13-6-4-12(5-7-13)10-19-15-14-11-23-18(24-14)16(17(15)21)20-8-2-3-9-20/h4-7,14-19,21H,2-3,8-11H2,1H3/t14-,15-,16+,17-,18+/m0/s1. The zero-order valence-electron chi connectivity index (χ0n) is 14.1. The van der Waals surface area contributed by atoms with Crippen LogP contribution < -0.4 is 10.1 Å². The van der Waals surface area contributed by atoms with Gasteiger partial charge in [-0.2, -0.15) is 0 Å². The van der Waals surface area contributed by atoms with E-state index in [-0.39, 0.29) is 24.5 Å².